The van der Waals surface area contributed by atoms with E-state index in [4.69, 9.17) is 9.47 Å². The topological polar surface area (TPSA) is 86.9 Å². The number of amides is 1. The highest BCUT2D eigenvalue weighted by Crippen LogP contribution is 2.58. The van der Waals surface area contributed by atoms with Gasteiger partial charge in [-0.15, -0.1) is 0 Å². The summed E-state index contributed by atoms with van der Waals surface area (Å²) in [6, 6.07) is 2.48. The van der Waals surface area contributed by atoms with E-state index in [1.54, 1.807) is 26.1 Å². The van der Waals surface area contributed by atoms with E-state index in [0.29, 0.717) is 6.61 Å². The van der Waals surface area contributed by atoms with Gasteiger partial charge in [0.1, 0.15) is 17.4 Å². The molecule has 3 aromatic heterocycles. The summed E-state index contributed by atoms with van der Waals surface area (Å²) in [5.74, 6) is -1.69. The zero-order valence-electron chi connectivity index (χ0n) is 19.7. The molecule has 0 aromatic carbocycles. The molecule has 5 heterocycles. The summed E-state index contributed by atoms with van der Waals surface area (Å²) in [7, 11) is 0. The number of imidazole rings is 1. The van der Waals surface area contributed by atoms with Crippen LogP contribution in [0.3, 0.4) is 0 Å². The van der Waals surface area contributed by atoms with E-state index in [9.17, 15) is 14.0 Å². The van der Waals surface area contributed by atoms with Crippen molar-refractivity contribution in [3.05, 3.63) is 58.2 Å². The van der Waals surface area contributed by atoms with Crippen LogP contribution in [0.25, 0.3) is 5.65 Å². The molecular formula is C25H26F2N4O4. The fourth-order valence-electron chi connectivity index (χ4n) is 5.49. The molecular weight excluding hydrogens is 458 g/mol. The summed E-state index contributed by atoms with van der Waals surface area (Å²) in [5, 5.41) is 2.56. The predicted octanol–water partition coefficient (Wildman–Crippen LogP) is 3.78. The molecule has 4 fully saturated rings. The lowest BCUT2D eigenvalue weighted by molar-refractivity contribution is 0.0154. The van der Waals surface area contributed by atoms with Crippen LogP contribution in [0.2, 0.25) is 0 Å². The quantitative estimate of drug-likeness (QED) is 0.576. The molecule has 0 radical (unpaired) electrons. The Labute approximate surface area is 199 Å². The lowest BCUT2D eigenvalue weighted by atomic mass is 9.62. The van der Waals surface area contributed by atoms with Crippen LogP contribution in [-0.2, 0) is 10.2 Å². The normalized spacial score (nSPS) is 28.9. The second kappa shape index (κ2) is 7.36. The van der Waals surface area contributed by atoms with Crippen LogP contribution < -0.4 is 15.6 Å². The average Bonchev–Trinajstić information content (AvgIpc) is 3.11. The molecule has 1 N–H and O–H groups in total. The number of halogens is 2. The molecule has 10 heteroatoms. The van der Waals surface area contributed by atoms with Crippen LogP contribution in [0.1, 0.15) is 62.1 Å². The number of aromatic nitrogens is 3. The van der Waals surface area contributed by atoms with Gasteiger partial charge < -0.3 is 23.8 Å². The maximum absolute atomic E-state index is 15.7. The number of carbonyl (C=O) groups is 1. The third-order valence-electron chi connectivity index (χ3n) is 7.16. The Hall–Kier alpha value is -3.27. The Morgan fingerprint density at radius 3 is 2.71 bits per heavy atom. The number of anilines is 1. The summed E-state index contributed by atoms with van der Waals surface area (Å²) in [6.07, 6.45) is 5.09. The van der Waals surface area contributed by atoms with Crippen molar-refractivity contribution in [3.63, 3.8) is 0 Å². The molecule has 8 nitrogen and oxygen atoms in total. The number of fused-ring (bicyclic) bond motifs is 2. The van der Waals surface area contributed by atoms with E-state index in [1.165, 1.54) is 27.4 Å². The van der Waals surface area contributed by atoms with E-state index in [-0.39, 0.29) is 40.1 Å². The molecule has 2 bridgehead atoms. The van der Waals surface area contributed by atoms with E-state index in [2.05, 4.69) is 17.2 Å². The first-order chi connectivity index (χ1) is 16.6. The minimum atomic E-state index is -1.07. The van der Waals surface area contributed by atoms with Crippen molar-refractivity contribution < 1.29 is 23.0 Å². The highest BCUT2D eigenvalue weighted by atomic mass is 19.1. The van der Waals surface area contributed by atoms with Gasteiger partial charge in [-0.2, -0.15) is 4.39 Å². The first kappa shape index (κ1) is 22.2. The van der Waals surface area contributed by atoms with Crippen molar-refractivity contribution in [2.45, 2.75) is 69.4 Å². The highest BCUT2D eigenvalue weighted by Gasteiger charge is 2.61. The van der Waals surface area contributed by atoms with E-state index in [1.807, 2.05) is 0 Å². The van der Waals surface area contributed by atoms with Crippen molar-refractivity contribution >= 4 is 17.2 Å². The Kier molecular flexibility index (Phi) is 4.67. The number of rotatable bonds is 6. The Balaban J connectivity index is 1.39. The Bertz CT molecular complexity index is 1420. The number of nitrogens with one attached hydrogen (secondary N) is 1. The van der Waals surface area contributed by atoms with Crippen LogP contribution in [0, 0.1) is 5.82 Å². The number of carbonyl (C=O) groups excluding carboxylic acids is 1. The van der Waals surface area contributed by atoms with Crippen molar-refractivity contribution in [2.75, 3.05) is 11.9 Å². The zero-order valence-corrected chi connectivity index (χ0v) is 19.7. The summed E-state index contributed by atoms with van der Waals surface area (Å²) < 4.78 is 43.5. The second-order valence-corrected chi connectivity index (χ2v) is 10.5. The molecule has 2 atom stereocenters. The summed E-state index contributed by atoms with van der Waals surface area (Å²) in [6.45, 7) is 6.04. The molecule has 2 saturated carbocycles. The van der Waals surface area contributed by atoms with Crippen LogP contribution in [-0.4, -0.2) is 44.3 Å². The van der Waals surface area contributed by atoms with Gasteiger partial charge >= 0.3 is 0 Å². The standard InChI is InChI=1S/C25H26F2N4O4/c1-13(2)35-20-14(22(32)28-16-5-4-6-31(23(16)33)17-7-15(17)26)8-30-9-18(29-21(30)19(20)27)25-10-24(3,11-25)34-12-25/h4-6,8-9,13,15,17H,7,10-12H2,1-3H3,(H,28,32). The number of hydrogen-bond acceptors (Lipinski definition) is 5. The molecule has 184 valence electrons. The van der Waals surface area contributed by atoms with Crippen LogP contribution in [0.4, 0.5) is 14.5 Å². The van der Waals surface area contributed by atoms with Gasteiger partial charge in [-0.3, -0.25) is 9.59 Å². The highest BCUT2D eigenvalue weighted by molar-refractivity contribution is 6.06. The Morgan fingerprint density at radius 2 is 2.09 bits per heavy atom. The van der Waals surface area contributed by atoms with Crippen molar-refractivity contribution in [2.24, 2.45) is 0 Å². The molecule has 2 unspecified atom stereocenters. The minimum Gasteiger partial charge on any atom is -0.487 e. The van der Waals surface area contributed by atoms with Gasteiger partial charge in [0.2, 0.25) is 5.82 Å². The summed E-state index contributed by atoms with van der Waals surface area (Å²) >= 11 is 0. The molecule has 2 aliphatic carbocycles. The number of nitrogens with zero attached hydrogens (tertiary/aromatic N) is 3. The molecule has 1 amide bonds. The fraction of sp³-hybridized carbons (Fsp3) is 0.480. The van der Waals surface area contributed by atoms with Crippen LogP contribution >= 0.6 is 0 Å². The van der Waals surface area contributed by atoms with Gasteiger partial charge in [0.25, 0.3) is 11.5 Å². The zero-order chi connectivity index (χ0) is 24.7. The van der Waals surface area contributed by atoms with Gasteiger partial charge in [0.05, 0.1) is 30.0 Å². The summed E-state index contributed by atoms with van der Waals surface area (Å²) in [5.41, 5.74) is -0.234. The summed E-state index contributed by atoms with van der Waals surface area (Å²) in [4.78, 5) is 30.6. The molecule has 3 aromatic rings. The van der Waals surface area contributed by atoms with E-state index >= 15 is 4.39 Å². The van der Waals surface area contributed by atoms with E-state index < -0.39 is 35.6 Å². The van der Waals surface area contributed by atoms with Gasteiger partial charge in [-0.05, 0) is 45.7 Å². The van der Waals surface area contributed by atoms with Crippen molar-refractivity contribution in [1.82, 2.24) is 14.0 Å². The number of alkyl halides is 1. The van der Waals surface area contributed by atoms with Crippen LogP contribution in [0.15, 0.2) is 35.5 Å². The molecule has 4 aliphatic rings. The number of pyridine rings is 2. The second-order valence-electron chi connectivity index (χ2n) is 10.5. The predicted molar refractivity (Wildman–Crippen MR) is 123 cm³/mol. The molecule has 0 spiro atoms. The number of ether oxygens (including phenoxy) is 2. The van der Waals surface area contributed by atoms with Gasteiger partial charge in [0.15, 0.2) is 11.4 Å². The fourth-order valence-corrected chi connectivity index (χ4v) is 5.49. The lowest BCUT2D eigenvalue weighted by Gasteiger charge is -2.41. The third kappa shape index (κ3) is 3.45. The van der Waals surface area contributed by atoms with Gasteiger partial charge in [0, 0.05) is 30.4 Å². The van der Waals surface area contributed by atoms with Crippen molar-refractivity contribution in [1.29, 1.82) is 0 Å². The maximum atomic E-state index is 15.7. The monoisotopic (exact) mass is 484 g/mol. The minimum absolute atomic E-state index is 0.0188. The first-order valence-electron chi connectivity index (χ1n) is 11.8. The smallest absolute Gasteiger partial charge is 0.274 e. The third-order valence-corrected chi connectivity index (χ3v) is 7.16. The lowest BCUT2D eigenvalue weighted by Crippen LogP contribution is -2.45. The van der Waals surface area contributed by atoms with E-state index in [0.717, 1.165) is 18.5 Å². The Morgan fingerprint density at radius 1 is 1.34 bits per heavy atom. The SMILES string of the molecule is CC(C)Oc1c(C(=O)Nc2cccn(C3CC3F)c2=O)cn2cc(C34COC(C)(C3)C4)nc2c1F. The molecule has 2 aliphatic heterocycles. The molecule has 7 rings (SSSR count). The number of hydrogen-bond donors (Lipinski definition) is 1. The molecule has 2 saturated heterocycles. The average molecular weight is 485 g/mol. The van der Waals surface area contributed by atoms with Crippen molar-refractivity contribution in [3.8, 4) is 5.75 Å². The largest absolute Gasteiger partial charge is 0.487 e. The van der Waals surface area contributed by atoms with Crippen LogP contribution in [0.5, 0.6) is 5.75 Å². The van der Waals surface area contributed by atoms with Gasteiger partial charge in [-0.1, -0.05) is 0 Å². The maximum Gasteiger partial charge on any atom is 0.274 e. The first-order valence-corrected chi connectivity index (χ1v) is 11.8. The molecule has 35 heavy (non-hydrogen) atoms. The van der Waals surface area contributed by atoms with Gasteiger partial charge in [-0.25, -0.2) is 9.37 Å².